The normalized spacial score (nSPS) is 12.6. The van der Waals surface area contributed by atoms with E-state index < -0.39 is 12.0 Å². The van der Waals surface area contributed by atoms with E-state index in [-0.39, 0.29) is 49.3 Å². The minimum absolute atomic E-state index is 0.0252. The van der Waals surface area contributed by atoms with Crippen LogP contribution in [0.4, 0.5) is 5.95 Å². The number of carbonyl (C=O) groups excluding carboxylic acids is 3. The predicted octanol–water partition coefficient (Wildman–Crippen LogP) is 8.86. The number of benzene rings is 1. The number of nitrogens with one attached hydrogen (secondary N) is 1. The van der Waals surface area contributed by atoms with Crippen LogP contribution >= 0.6 is 22.6 Å². The molecule has 11 nitrogen and oxygen atoms in total. The molecule has 294 valence electrons. The number of carbonyl (C=O) groups is 3. The first-order valence-electron chi connectivity index (χ1n) is 20.0. The largest absolute Gasteiger partial charge is 0.465 e. The second-order valence-electron chi connectivity index (χ2n) is 14.5. The van der Waals surface area contributed by atoms with Crippen molar-refractivity contribution in [3.8, 4) is 0 Å². The highest BCUT2D eigenvalue weighted by atomic mass is 127. The molecule has 3 rings (SSSR count). The molecule has 2 aromatic heterocycles. The van der Waals surface area contributed by atoms with Crippen molar-refractivity contribution in [2.24, 2.45) is 11.8 Å². The fraction of sp³-hybridized carbons (Fsp3) is 0.659. The molecular weight excluding hydrogens is 783 g/mol. The van der Waals surface area contributed by atoms with Gasteiger partial charge in [-0.05, 0) is 41.4 Å². The second kappa shape index (κ2) is 25.8. The van der Waals surface area contributed by atoms with E-state index in [4.69, 9.17) is 15.2 Å². The lowest BCUT2D eigenvalue weighted by molar-refractivity contribution is -0.150. The van der Waals surface area contributed by atoms with E-state index in [0.717, 1.165) is 19.3 Å². The van der Waals surface area contributed by atoms with E-state index in [9.17, 15) is 14.4 Å². The lowest BCUT2D eigenvalue weighted by Crippen LogP contribution is -2.44. The number of anilines is 1. The number of ether oxygens (including phenoxy) is 2. The zero-order valence-electron chi connectivity index (χ0n) is 32.3. The summed E-state index contributed by atoms with van der Waals surface area (Å²) in [6.07, 6.45) is 21.6. The molecule has 3 aromatic rings. The van der Waals surface area contributed by atoms with Gasteiger partial charge in [-0.2, -0.15) is 4.98 Å². The maximum Gasteiger partial charge on any atom is 0.323 e. The molecule has 0 aliphatic heterocycles. The maximum atomic E-state index is 13.1. The number of aromatic nitrogens is 4. The fourth-order valence-corrected chi connectivity index (χ4v) is 7.05. The molecule has 0 bridgehead atoms. The molecule has 1 aromatic carbocycles. The molecule has 0 saturated carbocycles. The number of nitrogen functional groups attached to an aromatic ring is 1. The van der Waals surface area contributed by atoms with Gasteiger partial charge in [-0.3, -0.25) is 19.7 Å². The summed E-state index contributed by atoms with van der Waals surface area (Å²) in [5, 5.41) is 3.08. The van der Waals surface area contributed by atoms with Crippen molar-refractivity contribution in [3.63, 3.8) is 0 Å². The Balaban J connectivity index is 1.42. The topological polar surface area (TPSA) is 151 Å². The number of unbranched alkanes of at least 4 members (excludes halogenated alkanes) is 14. The van der Waals surface area contributed by atoms with Gasteiger partial charge in [-0.15, -0.1) is 0 Å². The Morgan fingerprint density at radius 3 is 2.06 bits per heavy atom. The molecule has 0 spiro atoms. The Morgan fingerprint density at radius 1 is 0.849 bits per heavy atom. The number of nitrogens with two attached hydrogens (primary N) is 1. The van der Waals surface area contributed by atoms with Crippen LogP contribution in [-0.2, 0) is 25.6 Å². The van der Waals surface area contributed by atoms with E-state index in [1.807, 2.05) is 36.6 Å². The number of hydrogen-bond acceptors (Lipinski definition) is 10. The van der Waals surface area contributed by atoms with Gasteiger partial charge < -0.3 is 19.8 Å². The van der Waals surface area contributed by atoms with Crippen LogP contribution in [0.1, 0.15) is 140 Å². The second-order valence-corrected chi connectivity index (χ2v) is 15.6. The third kappa shape index (κ3) is 17.3. The van der Waals surface area contributed by atoms with Crippen molar-refractivity contribution >= 4 is 57.4 Å². The first-order chi connectivity index (χ1) is 25.7. The highest BCUT2D eigenvalue weighted by Gasteiger charge is 2.25. The molecule has 2 heterocycles. The fourth-order valence-electron chi connectivity index (χ4n) is 6.42. The average molecular weight is 847 g/mol. The summed E-state index contributed by atoms with van der Waals surface area (Å²) in [5.41, 5.74) is 7.76. The number of rotatable bonds is 29. The van der Waals surface area contributed by atoms with E-state index in [1.165, 1.54) is 77.0 Å². The van der Waals surface area contributed by atoms with Crippen molar-refractivity contribution in [1.82, 2.24) is 24.8 Å². The van der Waals surface area contributed by atoms with Crippen LogP contribution in [0.3, 0.4) is 0 Å². The zero-order valence-corrected chi connectivity index (χ0v) is 34.5. The van der Waals surface area contributed by atoms with Gasteiger partial charge in [0, 0.05) is 24.4 Å². The van der Waals surface area contributed by atoms with Crippen LogP contribution in [0.5, 0.6) is 0 Å². The Morgan fingerprint density at radius 2 is 1.45 bits per heavy atom. The quantitative estimate of drug-likeness (QED) is 0.0228. The predicted molar refractivity (Wildman–Crippen MR) is 219 cm³/mol. The number of hydrogen-bond donors (Lipinski definition) is 2. The summed E-state index contributed by atoms with van der Waals surface area (Å²) in [4.78, 5) is 51.6. The molecular formula is C41H63IN6O5. The summed E-state index contributed by atoms with van der Waals surface area (Å²) >= 11 is 2.08. The summed E-state index contributed by atoms with van der Waals surface area (Å²) in [7, 11) is 0. The minimum atomic E-state index is -0.645. The van der Waals surface area contributed by atoms with Gasteiger partial charge in [0.25, 0.3) is 0 Å². The summed E-state index contributed by atoms with van der Waals surface area (Å²) in [6, 6.07) is 8.34. The van der Waals surface area contributed by atoms with Crippen LogP contribution in [0.25, 0.3) is 11.2 Å². The third-order valence-electron chi connectivity index (χ3n) is 9.63. The lowest BCUT2D eigenvalue weighted by atomic mass is 10.0. The monoisotopic (exact) mass is 846 g/mol. The van der Waals surface area contributed by atoms with Crippen LogP contribution in [0.2, 0.25) is 0 Å². The average Bonchev–Trinajstić information content (AvgIpc) is 3.54. The van der Waals surface area contributed by atoms with Gasteiger partial charge in [0.05, 0.1) is 26.1 Å². The molecule has 0 radical (unpaired) electrons. The molecule has 0 aliphatic carbocycles. The number of Topliss-reactive ketones (excluding diaryl/α,β-unsaturated/α-hetero) is 1. The first-order valence-corrected chi connectivity index (χ1v) is 21.0. The summed E-state index contributed by atoms with van der Waals surface area (Å²) in [6.45, 7) is 6.84. The van der Waals surface area contributed by atoms with Gasteiger partial charge in [-0.25, -0.2) is 9.97 Å². The molecule has 0 amide bonds. The van der Waals surface area contributed by atoms with Gasteiger partial charge in [0.15, 0.2) is 11.4 Å². The van der Waals surface area contributed by atoms with Crippen molar-refractivity contribution in [2.45, 2.75) is 143 Å². The Hall–Kier alpha value is -3.13. The molecule has 0 aliphatic rings. The number of fused-ring (bicyclic) bond motifs is 1. The van der Waals surface area contributed by atoms with Gasteiger partial charge in [0.1, 0.15) is 15.3 Å². The van der Waals surface area contributed by atoms with E-state index in [1.54, 1.807) is 18.5 Å². The standard InChI is InChI=1S/C41H63IN6O5/c1-4-5-6-7-8-9-10-11-12-13-14-15-16-17-21-24-35(50)53-29-32(28-48-30-45-37-38(42)46-41(43)47-39(37)48)25-26-52-40(51)36(31(2)3)44-27-34(49)33-22-19-18-20-23-33/h18-20,22-23,30-32,36,44H,4-17,21,24-29H2,1-3H3,(H2,43,46,47)/t32-,36?/m1/s1. The van der Waals surface area contributed by atoms with E-state index >= 15 is 0 Å². The highest BCUT2D eigenvalue weighted by Crippen LogP contribution is 2.20. The molecule has 53 heavy (non-hydrogen) atoms. The number of esters is 2. The minimum Gasteiger partial charge on any atom is -0.465 e. The molecule has 3 N–H and O–H groups in total. The van der Waals surface area contributed by atoms with Crippen molar-refractivity contribution in [2.75, 3.05) is 25.5 Å². The van der Waals surface area contributed by atoms with E-state index in [0.29, 0.717) is 39.8 Å². The molecule has 0 saturated heterocycles. The Kier molecular flexibility index (Phi) is 21.6. The number of halogens is 1. The molecule has 1 unspecified atom stereocenters. The molecule has 2 atom stereocenters. The first kappa shape index (κ1) is 44.3. The SMILES string of the molecule is CCCCCCCCCCCCCCCCCC(=O)OC[C@H](CCOC(=O)C(NCC(=O)c1ccccc1)C(C)C)Cn1cnc2c(I)nc(N)nc21. The zero-order chi connectivity index (χ0) is 38.3. The lowest BCUT2D eigenvalue weighted by Gasteiger charge is -2.22. The number of imidazole rings is 1. The number of nitrogens with zero attached hydrogens (tertiary/aromatic N) is 4. The van der Waals surface area contributed by atoms with Crippen molar-refractivity contribution in [3.05, 3.63) is 45.9 Å². The van der Waals surface area contributed by atoms with Crippen LogP contribution < -0.4 is 11.1 Å². The molecule has 0 fully saturated rings. The summed E-state index contributed by atoms with van der Waals surface area (Å²) < 4.78 is 14.0. The van der Waals surface area contributed by atoms with Gasteiger partial charge in [-0.1, -0.05) is 141 Å². The van der Waals surface area contributed by atoms with Crippen LogP contribution in [0, 0.1) is 15.5 Å². The summed E-state index contributed by atoms with van der Waals surface area (Å²) in [5.74, 6) is -0.848. The van der Waals surface area contributed by atoms with Crippen LogP contribution in [0.15, 0.2) is 36.7 Å². The Labute approximate surface area is 330 Å². The number of ketones is 1. The maximum absolute atomic E-state index is 13.1. The van der Waals surface area contributed by atoms with E-state index in [2.05, 4.69) is 49.8 Å². The molecule has 12 heteroatoms. The van der Waals surface area contributed by atoms with Crippen molar-refractivity contribution < 1.29 is 23.9 Å². The van der Waals surface area contributed by atoms with Gasteiger partial charge >= 0.3 is 11.9 Å². The smallest absolute Gasteiger partial charge is 0.323 e. The highest BCUT2D eigenvalue weighted by molar-refractivity contribution is 14.1. The van der Waals surface area contributed by atoms with Gasteiger partial charge in [0.2, 0.25) is 5.95 Å². The van der Waals surface area contributed by atoms with Crippen molar-refractivity contribution in [1.29, 1.82) is 0 Å². The third-order valence-corrected chi connectivity index (χ3v) is 10.4. The van der Waals surface area contributed by atoms with Crippen LogP contribution in [-0.4, -0.2) is 63.0 Å². The Bertz CT molecular complexity index is 1500.